The van der Waals surface area contributed by atoms with Gasteiger partial charge in [0.15, 0.2) is 0 Å². The highest BCUT2D eigenvalue weighted by molar-refractivity contribution is 5.36. The van der Waals surface area contributed by atoms with Gasteiger partial charge in [0.1, 0.15) is 0 Å². The van der Waals surface area contributed by atoms with Gasteiger partial charge in [0.2, 0.25) is 0 Å². The summed E-state index contributed by atoms with van der Waals surface area (Å²) in [5.74, 6) is 0. The summed E-state index contributed by atoms with van der Waals surface area (Å²) in [5.41, 5.74) is 2.65. The van der Waals surface area contributed by atoms with Gasteiger partial charge < -0.3 is 5.11 Å². The van der Waals surface area contributed by atoms with Crippen molar-refractivity contribution in [3.05, 3.63) is 34.9 Å². The average molecular weight is 230 g/mol. The number of hydrogen-bond donors (Lipinski definition) is 1. The second-order valence-electron chi connectivity index (χ2n) is 4.22. The molecule has 0 saturated carbocycles. The predicted molar refractivity (Wildman–Crippen MR) is 54.1 cm³/mol. The van der Waals surface area contributed by atoms with E-state index in [9.17, 15) is 18.3 Å². The second kappa shape index (κ2) is 4.09. The molecule has 2 rings (SSSR count). The van der Waals surface area contributed by atoms with Crippen molar-refractivity contribution in [3.8, 4) is 0 Å². The molecule has 88 valence electrons. The van der Waals surface area contributed by atoms with Crippen LogP contribution in [0.25, 0.3) is 0 Å². The van der Waals surface area contributed by atoms with Crippen LogP contribution in [-0.4, -0.2) is 11.3 Å². The first-order valence-electron chi connectivity index (χ1n) is 5.32. The fraction of sp³-hybridized carbons (Fsp3) is 0.500. The molecule has 0 bridgehead atoms. The van der Waals surface area contributed by atoms with Crippen molar-refractivity contribution in [2.24, 2.45) is 0 Å². The third-order valence-corrected chi connectivity index (χ3v) is 2.93. The highest BCUT2D eigenvalue weighted by Crippen LogP contribution is 2.31. The van der Waals surface area contributed by atoms with Crippen molar-refractivity contribution in [2.45, 2.75) is 38.0 Å². The van der Waals surface area contributed by atoms with E-state index in [4.69, 9.17) is 0 Å². The standard InChI is InChI=1S/C12H13F3O/c13-12(14,15)7-11(16)10-5-4-8-2-1-3-9(8)6-10/h4-6,11,16H,1-3,7H2. The molecule has 1 aliphatic carbocycles. The van der Waals surface area contributed by atoms with Crippen molar-refractivity contribution in [3.63, 3.8) is 0 Å². The van der Waals surface area contributed by atoms with Crippen LogP contribution in [0.15, 0.2) is 18.2 Å². The van der Waals surface area contributed by atoms with Gasteiger partial charge >= 0.3 is 6.18 Å². The van der Waals surface area contributed by atoms with E-state index in [0.29, 0.717) is 5.56 Å². The molecule has 1 atom stereocenters. The quantitative estimate of drug-likeness (QED) is 0.827. The Kier molecular flexibility index (Phi) is 2.93. The monoisotopic (exact) mass is 230 g/mol. The van der Waals surface area contributed by atoms with Gasteiger partial charge in [-0.3, -0.25) is 0 Å². The summed E-state index contributed by atoms with van der Waals surface area (Å²) in [5, 5.41) is 9.47. The Balaban J connectivity index is 2.15. The zero-order valence-electron chi connectivity index (χ0n) is 8.72. The van der Waals surface area contributed by atoms with E-state index in [1.54, 1.807) is 12.1 Å². The van der Waals surface area contributed by atoms with E-state index >= 15 is 0 Å². The third kappa shape index (κ3) is 2.55. The lowest BCUT2D eigenvalue weighted by molar-refractivity contribution is -0.154. The molecular formula is C12H13F3O. The maximum atomic E-state index is 12.1. The smallest absolute Gasteiger partial charge is 0.388 e. The fourth-order valence-electron chi connectivity index (χ4n) is 2.14. The van der Waals surface area contributed by atoms with Crippen LogP contribution in [0.2, 0.25) is 0 Å². The molecule has 0 heterocycles. The molecule has 0 amide bonds. The molecule has 1 aliphatic rings. The molecule has 0 aliphatic heterocycles. The Hall–Kier alpha value is -1.03. The minimum Gasteiger partial charge on any atom is -0.388 e. The van der Waals surface area contributed by atoms with E-state index in [2.05, 4.69) is 0 Å². The SMILES string of the molecule is OC(CC(F)(F)F)c1ccc2c(c1)CCC2. The van der Waals surface area contributed by atoms with E-state index in [-0.39, 0.29) is 0 Å². The topological polar surface area (TPSA) is 20.2 Å². The average Bonchev–Trinajstić information content (AvgIpc) is 2.61. The zero-order chi connectivity index (χ0) is 11.8. The molecule has 4 heteroatoms. The van der Waals surface area contributed by atoms with Crippen molar-refractivity contribution in [1.82, 2.24) is 0 Å². The van der Waals surface area contributed by atoms with Crippen LogP contribution in [0.1, 0.15) is 35.6 Å². The summed E-state index contributed by atoms with van der Waals surface area (Å²) in [4.78, 5) is 0. The Morgan fingerprint density at radius 2 is 1.88 bits per heavy atom. The first-order chi connectivity index (χ1) is 7.46. The molecule has 1 unspecified atom stereocenters. The van der Waals surface area contributed by atoms with Crippen LogP contribution < -0.4 is 0 Å². The normalized spacial score (nSPS) is 17.2. The lowest BCUT2D eigenvalue weighted by Crippen LogP contribution is -2.13. The van der Waals surface area contributed by atoms with Crippen molar-refractivity contribution in [2.75, 3.05) is 0 Å². The number of fused-ring (bicyclic) bond motifs is 1. The van der Waals surface area contributed by atoms with Gasteiger partial charge in [-0.1, -0.05) is 18.2 Å². The minimum absolute atomic E-state index is 0.373. The molecular weight excluding hydrogens is 217 g/mol. The van der Waals surface area contributed by atoms with Crippen LogP contribution in [0, 0.1) is 0 Å². The molecule has 1 aromatic rings. The summed E-state index contributed by atoms with van der Waals surface area (Å²) in [7, 11) is 0. The number of alkyl halides is 3. The maximum absolute atomic E-state index is 12.1. The number of hydrogen-bond acceptors (Lipinski definition) is 1. The van der Waals surface area contributed by atoms with Crippen LogP contribution in [0.3, 0.4) is 0 Å². The molecule has 16 heavy (non-hydrogen) atoms. The lowest BCUT2D eigenvalue weighted by atomic mass is 10.0. The number of benzene rings is 1. The highest BCUT2D eigenvalue weighted by Gasteiger charge is 2.32. The van der Waals surface area contributed by atoms with Gasteiger partial charge in [0.05, 0.1) is 12.5 Å². The van der Waals surface area contributed by atoms with Crippen LogP contribution in [0.5, 0.6) is 0 Å². The first kappa shape index (κ1) is 11.5. The van der Waals surface area contributed by atoms with Crippen molar-refractivity contribution >= 4 is 0 Å². The van der Waals surface area contributed by atoms with Gasteiger partial charge in [-0.15, -0.1) is 0 Å². The Morgan fingerprint density at radius 1 is 1.19 bits per heavy atom. The van der Waals surface area contributed by atoms with Crippen LogP contribution in [-0.2, 0) is 12.8 Å². The number of aryl methyl sites for hydroxylation is 2. The number of halogens is 3. The number of aliphatic hydroxyl groups is 1. The summed E-state index contributed by atoms with van der Waals surface area (Å²) < 4.78 is 36.3. The largest absolute Gasteiger partial charge is 0.391 e. The molecule has 0 spiro atoms. The predicted octanol–water partition coefficient (Wildman–Crippen LogP) is 3.16. The Labute approximate surface area is 91.9 Å². The summed E-state index contributed by atoms with van der Waals surface area (Å²) in [6.07, 6.45) is -3.99. The van der Waals surface area contributed by atoms with Gasteiger partial charge in [0, 0.05) is 0 Å². The Morgan fingerprint density at radius 3 is 2.56 bits per heavy atom. The molecule has 1 aromatic carbocycles. The first-order valence-corrected chi connectivity index (χ1v) is 5.32. The van der Waals surface area contributed by atoms with Crippen LogP contribution in [0.4, 0.5) is 13.2 Å². The van der Waals surface area contributed by atoms with E-state index < -0.39 is 18.7 Å². The van der Waals surface area contributed by atoms with E-state index in [1.807, 2.05) is 6.07 Å². The molecule has 0 saturated heterocycles. The van der Waals surface area contributed by atoms with Gasteiger partial charge in [-0.2, -0.15) is 13.2 Å². The van der Waals surface area contributed by atoms with Crippen molar-refractivity contribution < 1.29 is 18.3 Å². The second-order valence-corrected chi connectivity index (χ2v) is 4.22. The Bertz CT molecular complexity index is 384. The molecule has 1 nitrogen and oxygen atoms in total. The van der Waals surface area contributed by atoms with Gasteiger partial charge in [-0.25, -0.2) is 0 Å². The highest BCUT2D eigenvalue weighted by atomic mass is 19.4. The maximum Gasteiger partial charge on any atom is 0.391 e. The molecule has 1 N–H and O–H groups in total. The molecule has 0 radical (unpaired) electrons. The van der Waals surface area contributed by atoms with E-state index in [0.717, 1.165) is 24.8 Å². The van der Waals surface area contributed by atoms with Gasteiger partial charge in [-0.05, 0) is 36.0 Å². The van der Waals surface area contributed by atoms with Crippen LogP contribution >= 0.6 is 0 Å². The van der Waals surface area contributed by atoms with Gasteiger partial charge in [0.25, 0.3) is 0 Å². The van der Waals surface area contributed by atoms with Crippen molar-refractivity contribution in [1.29, 1.82) is 0 Å². The lowest BCUT2D eigenvalue weighted by Gasteiger charge is -2.14. The zero-order valence-corrected chi connectivity index (χ0v) is 8.72. The number of aliphatic hydroxyl groups excluding tert-OH is 1. The molecule has 0 aromatic heterocycles. The van der Waals surface area contributed by atoms with E-state index in [1.165, 1.54) is 5.56 Å². The minimum atomic E-state index is -4.32. The fourth-order valence-corrected chi connectivity index (χ4v) is 2.14. The summed E-state index contributed by atoms with van der Waals surface area (Å²) in [6, 6.07) is 5.14. The summed E-state index contributed by atoms with van der Waals surface area (Å²) in [6.45, 7) is 0. The summed E-state index contributed by atoms with van der Waals surface area (Å²) >= 11 is 0. The number of rotatable bonds is 2. The molecule has 0 fully saturated rings. The third-order valence-electron chi connectivity index (χ3n) is 2.93.